The number of carbonyl (C=O) groups is 1. The zero-order chi connectivity index (χ0) is 16.7. The molecule has 0 radical (unpaired) electrons. The Bertz CT molecular complexity index is 670. The number of para-hydroxylation sites is 2. The van der Waals surface area contributed by atoms with Gasteiger partial charge in [0.25, 0.3) is 5.91 Å². The summed E-state index contributed by atoms with van der Waals surface area (Å²) in [7, 11) is 3.19. The number of ether oxygens (including phenoxy) is 3. The molecule has 0 aliphatic rings. The topological polar surface area (TPSA) is 56.8 Å². The first kappa shape index (κ1) is 16.7. The Morgan fingerprint density at radius 3 is 2.35 bits per heavy atom. The predicted octanol–water partition coefficient (Wildman–Crippen LogP) is 3.03. The molecular weight excluding hydrogens is 294 g/mol. The zero-order valence-corrected chi connectivity index (χ0v) is 13.6. The van der Waals surface area contributed by atoms with Gasteiger partial charge in [0.2, 0.25) is 0 Å². The maximum absolute atomic E-state index is 12.0. The van der Waals surface area contributed by atoms with E-state index in [1.54, 1.807) is 32.4 Å². The van der Waals surface area contributed by atoms with Crippen LogP contribution in [0, 0.1) is 0 Å². The number of benzene rings is 2. The molecule has 0 unspecified atom stereocenters. The molecule has 2 aromatic rings. The lowest BCUT2D eigenvalue weighted by molar-refractivity contribution is 0.0955. The molecular formula is C18H21NO4. The summed E-state index contributed by atoms with van der Waals surface area (Å²) in [6.07, 6.45) is 0. The van der Waals surface area contributed by atoms with Crippen molar-refractivity contribution in [1.29, 1.82) is 0 Å². The van der Waals surface area contributed by atoms with Gasteiger partial charge in [-0.3, -0.25) is 4.79 Å². The number of methoxy groups -OCH3 is 2. The van der Waals surface area contributed by atoms with Crippen molar-refractivity contribution in [2.45, 2.75) is 13.5 Å². The van der Waals surface area contributed by atoms with Crippen LogP contribution in [0.4, 0.5) is 0 Å². The summed E-state index contributed by atoms with van der Waals surface area (Å²) in [4.78, 5) is 12.0. The number of hydrogen-bond donors (Lipinski definition) is 1. The molecule has 0 fully saturated rings. The molecule has 2 aromatic carbocycles. The van der Waals surface area contributed by atoms with E-state index < -0.39 is 0 Å². The van der Waals surface area contributed by atoms with Crippen LogP contribution in [-0.2, 0) is 6.61 Å². The maximum Gasteiger partial charge on any atom is 0.251 e. The maximum atomic E-state index is 12.0. The van der Waals surface area contributed by atoms with E-state index in [1.807, 2.05) is 31.2 Å². The molecule has 0 atom stereocenters. The Balaban J connectivity index is 2.20. The van der Waals surface area contributed by atoms with Crippen molar-refractivity contribution in [3.8, 4) is 17.2 Å². The number of carbonyl (C=O) groups excluding carboxylic acids is 1. The lowest BCUT2D eigenvalue weighted by Gasteiger charge is -2.13. The third-order valence-electron chi connectivity index (χ3n) is 3.33. The van der Waals surface area contributed by atoms with Gasteiger partial charge in [0.1, 0.15) is 12.4 Å². The Labute approximate surface area is 136 Å². The Morgan fingerprint density at radius 1 is 1.00 bits per heavy atom. The van der Waals surface area contributed by atoms with Crippen molar-refractivity contribution in [2.24, 2.45) is 0 Å². The van der Waals surface area contributed by atoms with Crippen LogP contribution < -0.4 is 19.5 Å². The number of nitrogens with one attached hydrogen (secondary N) is 1. The van der Waals surface area contributed by atoms with E-state index in [2.05, 4.69) is 5.32 Å². The largest absolute Gasteiger partial charge is 0.496 e. The second kappa shape index (κ2) is 8.08. The quantitative estimate of drug-likeness (QED) is 0.853. The van der Waals surface area contributed by atoms with Crippen molar-refractivity contribution in [3.63, 3.8) is 0 Å². The van der Waals surface area contributed by atoms with Gasteiger partial charge in [0, 0.05) is 17.7 Å². The van der Waals surface area contributed by atoms with Crippen LogP contribution >= 0.6 is 0 Å². The van der Waals surface area contributed by atoms with Crippen LogP contribution in [0.15, 0.2) is 42.5 Å². The molecule has 23 heavy (non-hydrogen) atoms. The highest BCUT2D eigenvalue weighted by atomic mass is 16.5. The normalized spacial score (nSPS) is 10.0. The van der Waals surface area contributed by atoms with Crippen LogP contribution in [0.2, 0.25) is 0 Å². The monoisotopic (exact) mass is 315 g/mol. The Kier molecular flexibility index (Phi) is 5.86. The van der Waals surface area contributed by atoms with Crippen molar-refractivity contribution < 1.29 is 19.0 Å². The number of hydrogen-bond acceptors (Lipinski definition) is 4. The molecule has 0 saturated carbocycles. The first-order chi connectivity index (χ1) is 11.2. The smallest absolute Gasteiger partial charge is 0.251 e. The van der Waals surface area contributed by atoms with Crippen LogP contribution in [0.5, 0.6) is 17.2 Å². The molecule has 0 aromatic heterocycles. The lowest BCUT2D eigenvalue weighted by atomic mass is 10.1. The fourth-order valence-electron chi connectivity index (χ4n) is 2.19. The standard InChI is InChI=1S/C18H21NO4/c1-4-19-18(20)13-9-10-15(21-2)14(11-13)12-23-17-8-6-5-7-16(17)22-3/h5-11H,4,12H2,1-3H3,(H,19,20). The van der Waals surface area contributed by atoms with Gasteiger partial charge in [0.05, 0.1) is 14.2 Å². The second-order valence-corrected chi connectivity index (χ2v) is 4.83. The average molecular weight is 315 g/mol. The summed E-state index contributed by atoms with van der Waals surface area (Å²) >= 11 is 0. The highest BCUT2D eigenvalue weighted by Gasteiger charge is 2.11. The highest BCUT2D eigenvalue weighted by molar-refractivity contribution is 5.94. The van der Waals surface area contributed by atoms with Gasteiger partial charge < -0.3 is 19.5 Å². The average Bonchev–Trinajstić information content (AvgIpc) is 2.60. The van der Waals surface area contributed by atoms with Gasteiger partial charge in [-0.25, -0.2) is 0 Å². The molecule has 0 bridgehead atoms. The van der Waals surface area contributed by atoms with E-state index in [0.29, 0.717) is 29.4 Å². The minimum Gasteiger partial charge on any atom is -0.496 e. The van der Waals surface area contributed by atoms with Crippen LogP contribution in [0.1, 0.15) is 22.8 Å². The van der Waals surface area contributed by atoms with Crippen molar-refractivity contribution >= 4 is 5.91 Å². The summed E-state index contributed by atoms with van der Waals surface area (Å²) < 4.78 is 16.4. The van der Waals surface area contributed by atoms with Gasteiger partial charge >= 0.3 is 0 Å². The first-order valence-electron chi connectivity index (χ1n) is 7.40. The van der Waals surface area contributed by atoms with Crippen molar-refractivity contribution in [3.05, 3.63) is 53.6 Å². The molecule has 5 nitrogen and oxygen atoms in total. The SMILES string of the molecule is CCNC(=O)c1ccc(OC)c(COc2ccccc2OC)c1. The van der Waals surface area contributed by atoms with Gasteiger partial charge in [-0.1, -0.05) is 12.1 Å². The fraction of sp³-hybridized carbons (Fsp3) is 0.278. The van der Waals surface area contributed by atoms with Gasteiger partial charge in [-0.15, -0.1) is 0 Å². The fourth-order valence-corrected chi connectivity index (χ4v) is 2.19. The zero-order valence-electron chi connectivity index (χ0n) is 13.6. The molecule has 0 aliphatic heterocycles. The van der Waals surface area contributed by atoms with E-state index >= 15 is 0 Å². The summed E-state index contributed by atoms with van der Waals surface area (Å²) in [6.45, 7) is 2.74. The van der Waals surface area contributed by atoms with E-state index in [4.69, 9.17) is 14.2 Å². The highest BCUT2D eigenvalue weighted by Crippen LogP contribution is 2.28. The van der Waals surface area contributed by atoms with Gasteiger partial charge in [-0.05, 0) is 37.3 Å². The summed E-state index contributed by atoms with van der Waals surface area (Å²) in [5.41, 5.74) is 1.37. The van der Waals surface area contributed by atoms with Crippen LogP contribution in [0.25, 0.3) is 0 Å². The molecule has 2 rings (SSSR count). The molecule has 5 heteroatoms. The molecule has 0 saturated heterocycles. The molecule has 1 N–H and O–H groups in total. The summed E-state index contributed by atoms with van der Waals surface area (Å²) in [5, 5.41) is 2.78. The van der Waals surface area contributed by atoms with Crippen LogP contribution in [0.3, 0.4) is 0 Å². The van der Waals surface area contributed by atoms with Crippen molar-refractivity contribution in [2.75, 3.05) is 20.8 Å². The Morgan fingerprint density at radius 2 is 1.70 bits per heavy atom. The molecule has 0 spiro atoms. The molecule has 122 valence electrons. The minimum absolute atomic E-state index is 0.117. The van der Waals surface area contributed by atoms with E-state index in [-0.39, 0.29) is 12.5 Å². The lowest BCUT2D eigenvalue weighted by Crippen LogP contribution is -2.22. The van der Waals surface area contributed by atoms with E-state index in [9.17, 15) is 4.79 Å². The molecule has 1 amide bonds. The number of amides is 1. The molecule has 0 heterocycles. The summed E-state index contributed by atoms with van der Waals surface area (Å²) in [6, 6.07) is 12.7. The van der Waals surface area contributed by atoms with Crippen LogP contribution in [-0.4, -0.2) is 26.7 Å². The van der Waals surface area contributed by atoms with E-state index in [1.165, 1.54) is 0 Å². The van der Waals surface area contributed by atoms with Crippen molar-refractivity contribution in [1.82, 2.24) is 5.32 Å². The first-order valence-corrected chi connectivity index (χ1v) is 7.40. The predicted molar refractivity (Wildman–Crippen MR) is 88.3 cm³/mol. The third-order valence-corrected chi connectivity index (χ3v) is 3.33. The van der Waals surface area contributed by atoms with Gasteiger partial charge in [0.15, 0.2) is 11.5 Å². The van der Waals surface area contributed by atoms with Gasteiger partial charge in [-0.2, -0.15) is 0 Å². The Hall–Kier alpha value is -2.69. The third kappa shape index (κ3) is 4.16. The number of rotatable bonds is 7. The molecule has 0 aliphatic carbocycles. The minimum atomic E-state index is -0.117. The summed E-state index contributed by atoms with van der Waals surface area (Å²) in [5.74, 6) is 1.86. The van der Waals surface area contributed by atoms with E-state index in [0.717, 1.165) is 5.56 Å². The second-order valence-electron chi connectivity index (χ2n) is 4.83.